The van der Waals surface area contributed by atoms with Crippen LogP contribution in [-0.2, 0) is 13.0 Å². The molecule has 3 aromatic rings. The first kappa shape index (κ1) is 21.7. The van der Waals surface area contributed by atoms with Gasteiger partial charge in [-0.2, -0.15) is 0 Å². The number of pyridine rings is 1. The normalized spacial score (nSPS) is 19.4. The zero-order valence-corrected chi connectivity index (χ0v) is 19.9. The topological polar surface area (TPSA) is 63.0 Å². The summed E-state index contributed by atoms with van der Waals surface area (Å²) in [6.45, 7) is 5.10. The highest BCUT2D eigenvalue weighted by atomic mass is 79.9. The summed E-state index contributed by atoms with van der Waals surface area (Å²) in [4.78, 5) is 9.69. The minimum absolute atomic E-state index is 0.117. The molecule has 168 valence electrons. The zero-order chi connectivity index (χ0) is 21.8. The summed E-state index contributed by atoms with van der Waals surface area (Å²) in [7, 11) is 0. The Labute approximate surface area is 198 Å². The molecule has 0 N–H and O–H groups in total. The lowest BCUT2D eigenvalue weighted by Crippen LogP contribution is -2.42. The van der Waals surface area contributed by atoms with Crippen LogP contribution in [0.2, 0.25) is 0 Å². The Hall–Kier alpha value is -2.16. The van der Waals surface area contributed by atoms with Gasteiger partial charge in [0.15, 0.2) is 5.82 Å². The maximum atomic E-state index is 4.53. The summed E-state index contributed by atoms with van der Waals surface area (Å²) in [5.74, 6) is 0.936. The molecule has 5 rings (SSSR count). The second kappa shape index (κ2) is 10.2. The number of hydrogen-bond donors (Lipinski definition) is 0. The quantitative estimate of drug-likeness (QED) is 0.497. The van der Waals surface area contributed by atoms with E-state index < -0.39 is 0 Å². The summed E-state index contributed by atoms with van der Waals surface area (Å²) < 4.78 is 2.98. The monoisotopic (exact) mass is 495 g/mol. The number of benzene rings is 1. The van der Waals surface area contributed by atoms with Crippen LogP contribution in [0, 0.1) is 0 Å². The Bertz CT molecular complexity index is 1000. The fraction of sp³-hybridized carbons (Fsp3) is 0.500. The average molecular weight is 496 g/mol. The van der Waals surface area contributed by atoms with E-state index in [4.69, 9.17) is 0 Å². The van der Waals surface area contributed by atoms with E-state index in [1.54, 1.807) is 0 Å². The van der Waals surface area contributed by atoms with Crippen LogP contribution in [-0.4, -0.2) is 67.2 Å². The molecule has 32 heavy (non-hydrogen) atoms. The Morgan fingerprint density at radius 3 is 2.62 bits per heavy atom. The summed E-state index contributed by atoms with van der Waals surface area (Å²) in [6, 6.07) is 13.5. The predicted molar refractivity (Wildman–Crippen MR) is 127 cm³/mol. The predicted octanol–water partition coefficient (Wildman–Crippen LogP) is 3.72. The molecule has 0 bridgehead atoms. The highest BCUT2D eigenvalue weighted by Gasteiger charge is 2.31. The van der Waals surface area contributed by atoms with E-state index in [-0.39, 0.29) is 6.04 Å². The molecule has 0 spiro atoms. The van der Waals surface area contributed by atoms with Crippen LogP contribution in [0.25, 0.3) is 0 Å². The van der Waals surface area contributed by atoms with Crippen molar-refractivity contribution in [3.05, 3.63) is 70.2 Å². The zero-order valence-electron chi connectivity index (χ0n) is 18.4. The molecule has 1 aliphatic heterocycles. The number of tetrazole rings is 1. The van der Waals surface area contributed by atoms with Crippen LogP contribution < -0.4 is 0 Å². The summed E-state index contributed by atoms with van der Waals surface area (Å²) in [5, 5.41) is 13.0. The van der Waals surface area contributed by atoms with Gasteiger partial charge in [-0.3, -0.25) is 14.8 Å². The third-order valence-corrected chi connectivity index (χ3v) is 7.25. The smallest absolute Gasteiger partial charge is 0.169 e. The Balaban J connectivity index is 1.40. The van der Waals surface area contributed by atoms with Crippen LogP contribution in [0.5, 0.6) is 0 Å². The van der Waals surface area contributed by atoms with E-state index in [1.807, 2.05) is 23.1 Å². The van der Waals surface area contributed by atoms with Crippen LogP contribution in [0.1, 0.15) is 48.7 Å². The first-order chi connectivity index (χ1) is 15.8. The van der Waals surface area contributed by atoms with Gasteiger partial charge in [0, 0.05) is 42.5 Å². The number of nitrogens with zero attached hydrogens (tertiary/aromatic N) is 7. The summed E-state index contributed by atoms with van der Waals surface area (Å²) >= 11 is 3.58. The second-order valence-electron chi connectivity index (χ2n) is 8.92. The van der Waals surface area contributed by atoms with Gasteiger partial charge < -0.3 is 0 Å². The first-order valence-electron chi connectivity index (χ1n) is 11.6. The van der Waals surface area contributed by atoms with Gasteiger partial charge >= 0.3 is 0 Å². The van der Waals surface area contributed by atoms with E-state index in [0.717, 1.165) is 42.4 Å². The molecule has 0 amide bonds. The SMILES string of the molecule is Brc1cncc(CC(c2nnnn2Cc2ccccc2)N2CCCN(C3CCC3)CC2)c1. The van der Waals surface area contributed by atoms with E-state index >= 15 is 0 Å². The standard InChI is InChI=1S/C24H30BrN7/c25-21-14-20(16-26-17-21)15-23(31-11-5-10-30(12-13-31)22-8-4-9-22)24-27-28-29-32(24)18-19-6-2-1-3-7-19/h1-3,6-7,14,16-17,22-23H,4-5,8-13,15,18H2. The number of rotatable bonds is 7. The molecule has 1 saturated heterocycles. The molecule has 1 aliphatic carbocycles. The maximum Gasteiger partial charge on any atom is 0.169 e. The highest BCUT2D eigenvalue weighted by Crippen LogP contribution is 2.29. The fourth-order valence-electron chi connectivity index (χ4n) is 4.88. The van der Waals surface area contributed by atoms with E-state index in [1.165, 1.54) is 43.4 Å². The van der Waals surface area contributed by atoms with Crippen LogP contribution in [0.15, 0.2) is 53.3 Å². The molecule has 1 aromatic carbocycles. The largest absolute Gasteiger partial charge is 0.299 e. The van der Waals surface area contributed by atoms with Crippen molar-refractivity contribution in [3.8, 4) is 0 Å². The lowest BCUT2D eigenvalue weighted by molar-refractivity contribution is 0.124. The Kier molecular flexibility index (Phi) is 6.90. The molecule has 8 heteroatoms. The molecule has 2 fully saturated rings. The summed E-state index contributed by atoms with van der Waals surface area (Å²) in [6.07, 6.45) is 9.93. The number of halogens is 1. The second-order valence-corrected chi connectivity index (χ2v) is 9.84. The van der Waals surface area contributed by atoms with Crippen molar-refractivity contribution >= 4 is 15.9 Å². The van der Waals surface area contributed by atoms with Gasteiger partial charge in [-0.15, -0.1) is 5.10 Å². The van der Waals surface area contributed by atoms with Crippen molar-refractivity contribution in [1.29, 1.82) is 0 Å². The average Bonchev–Trinajstić information content (AvgIpc) is 3.08. The minimum atomic E-state index is 0.117. The molecule has 1 unspecified atom stereocenters. The van der Waals surface area contributed by atoms with Crippen molar-refractivity contribution in [2.75, 3.05) is 26.2 Å². The van der Waals surface area contributed by atoms with Gasteiger partial charge in [-0.25, -0.2) is 4.68 Å². The Morgan fingerprint density at radius 2 is 1.84 bits per heavy atom. The molecule has 2 aliphatic rings. The molecular weight excluding hydrogens is 466 g/mol. The molecule has 7 nitrogen and oxygen atoms in total. The van der Waals surface area contributed by atoms with Crippen molar-refractivity contribution in [3.63, 3.8) is 0 Å². The van der Waals surface area contributed by atoms with Crippen molar-refractivity contribution in [2.45, 2.75) is 50.7 Å². The van der Waals surface area contributed by atoms with E-state index in [2.05, 4.69) is 76.6 Å². The van der Waals surface area contributed by atoms with E-state index in [9.17, 15) is 0 Å². The lowest BCUT2D eigenvalue weighted by Gasteiger charge is -2.37. The molecule has 1 atom stereocenters. The van der Waals surface area contributed by atoms with Gasteiger partial charge in [0.2, 0.25) is 0 Å². The molecule has 1 saturated carbocycles. The highest BCUT2D eigenvalue weighted by molar-refractivity contribution is 9.10. The summed E-state index contributed by atoms with van der Waals surface area (Å²) in [5.41, 5.74) is 2.40. The minimum Gasteiger partial charge on any atom is -0.299 e. The van der Waals surface area contributed by atoms with Crippen LogP contribution in [0.3, 0.4) is 0 Å². The van der Waals surface area contributed by atoms with Crippen LogP contribution in [0.4, 0.5) is 0 Å². The third-order valence-electron chi connectivity index (χ3n) is 6.82. The third kappa shape index (κ3) is 5.08. The number of hydrogen-bond acceptors (Lipinski definition) is 6. The molecule has 3 heterocycles. The maximum absolute atomic E-state index is 4.53. The number of aromatic nitrogens is 5. The van der Waals surface area contributed by atoms with Crippen LogP contribution >= 0.6 is 15.9 Å². The lowest BCUT2D eigenvalue weighted by atomic mass is 9.91. The molecular formula is C24H30BrN7. The molecule has 0 radical (unpaired) electrons. The fourth-order valence-corrected chi connectivity index (χ4v) is 5.29. The van der Waals surface area contributed by atoms with Gasteiger partial charge in [-0.1, -0.05) is 36.8 Å². The van der Waals surface area contributed by atoms with E-state index in [0.29, 0.717) is 6.54 Å². The van der Waals surface area contributed by atoms with Gasteiger partial charge in [0.1, 0.15) is 0 Å². The van der Waals surface area contributed by atoms with Crippen molar-refractivity contribution < 1.29 is 0 Å². The Morgan fingerprint density at radius 1 is 0.969 bits per heavy atom. The van der Waals surface area contributed by atoms with Crippen molar-refractivity contribution in [2.24, 2.45) is 0 Å². The van der Waals surface area contributed by atoms with Gasteiger partial charge in [0.25, 0.3) is 0 Å². The van der Waals surface area contributed by atoms with Crippen molar-refractivity contribution in [1.82, 2.24) is 35.0 Å². The first-order valence-corrected chi connectivity index (χ1v) is 12.4. The van der Waals surface area contributed by atoms with Gasteiger partial charge in [-0.05, 0) is 75.8 Å². The molecule has 2 aromatic heterocycles. The van der Waals surface area contributed by atoms with Gasteiger partial charge in [0.05, 0.1) is 12.6 Å².